The van der Waals surface area contributed by atoms with Crippen molar-refractivity contribution in [3.05, 3.63) is 23.8 Å². The molecule has 0 saturated heterocycles. The first-order valence-electron chi connectivity index (χ1n) is 6.95. The van der Waals surface area contributed by atoms with Crippen LogP contribution in [0.15, 0.2) is 23.4 Å². The predicted octanol–water partition coefficient (Wildman–Crippen LogP) is 2.86. The Balaban J connectivity index is 2.89. The molecule has 0 aliphatic carbocycles. The molecular formula is C15H20Cl2N2O4. The van der Waals surface area contributed by atoms with Crippen LogP contribution in [0.3, 0.4) is 0 Å². The minimum atomic E-state index is -1.14. The summed E-state index contributed by atoms with van der Waals surface area (Å²) in [4.78, 5) is 17.3. The molecule has 0 saturated carbocycles. The number of ether oxygens (including phenoxy) is 2. The number of amides is 1. The highest BCUT2D eigenvalue weighted by Crippen LogP contribution is 2.28. The van der Waals surface area contributed by atoms with Gasteiger partial charge >= 0.3 is 0 Å². The summed E-state index contributed by atoms with van der Waals surface area (Å²) in [6.07, 6.45) is 1.48. The Hall–Kier alpha value is -1.66. The van der Waals surface area contributed by atoms with Gasteiger partial charge < -0.3 is 19.2 Å². The molecule has 23 heavy (non-hydrogen) atoms. The average molecular weight is 363 g/mol. The predicted molar refractivity (Wildman–Crippen MR) is 90.6 cm³/mol. The van der Waals surface area contributed by atoms with E-state index in [1.165, 1.54) is 11.1 Å². The maximum Gasteiger partial charge on any atom is 0.256 e. The van der Waals surface area contributed by atoms with E-state index >= 15 is 0 Å². The SMILES string of the molecule is CCON=CCN(Cc1ccc(OC)c(OC)c1)C(=O)C(Cl)Cl. The number of carbonyl (C=O) groups excluding carboxylic acids is 1. The number of alkyl halides is 2. The van der Waals surface area contributed by atoms with Gasteiger partial charge in [0, 0.05) is 6.54 Å². The molecule has 0 radical (unpaired) electrons. The van der Waals surface area contributed by atoms with Gasteiger partial charge in [-0.3, -0.25) is 4.79 Å². The molecule has 0 aromatic heterocycles. The summed E-state index contributed by atoms with van der Waals surface area (Å²) in [5.74, 6) is 0.777. The smallest absolute Gasteiger partial charge is 0.256 e. The third-order valence-corrected chi connectivity index (χ3v) is 3.27. The number of nitrogens with zero attached hydrogens (tertiary/aromatic N) is 2. The molecule has 1 aromatic rings. The first-order valence-corrected chi connectivity index (χ1v) is 7.82. The summed E-state index contributed by atoms with van der Waals surface area (Å²) >= 11 is 11.4. The molecule has 8 heteroatoms. The number of methoxy groups -OCH3 is 2. The molecule has 1 amide bonds. The monoisotopic (exact) mass is 362 g/mol. The van der Waals surface area contributed by atoms with E-state index in [0.717, 1.165) is 5.56 Å². The van der Waals surface area contributed by atoms with Gasteiger partial charge in [0.2, 0.25) is 0 Å². The van der Waals surface area contributed by atoms with Crippen molar-refractivity contribution >= 4 is 35.3 Å². The molecule has 1 aromatic carbocycles. The second-order valence-corrected chi connectivity index (χ2v) is 5.51. The van der Waals surface area contributed by atoms with E-state index in [9.17, 15) is 4.79 Å². The van der Waals surface area contributed by atoms with E-state index in [4.69, 9.17) is 37.5 Å². The third-order valence-electron chi connectivity index (χ3n) is 2.90. The van der Waals surface area contributed by atoms with Crippen LogP contribution in [-0.2, 0) is 16.2 Å². The third kappa shape index (κ3) is 6.15. The van der Waals surface area contributed by atoms with Crippen LogP contribution in [0.2, 0.25) is 0 Å². The second kappa shape index (κ2) is 10.2. The topological polar surface area (TPSA) is 60.4 Å². The van der Waals surface area contributed by atoms with Crippen molar-refractivity contribution in [1.29, 1.82) is 0 Å². The van der Waals surface area contributed by atoms with Crippen LogP contribution in [0.1, 0.15) is 12.5 Å². The Morgan fingerprint density at radius 3 is 2.57 bits per heavy atom. The van der Waals surface area contributed by atoms with Gasteiger partial charge in [0.15, 0.2) is 16.3 Å². The molecule has 0 N–H and O–H groups in total. The lowest BCUT2D eigenvalue weighted by Crippen LogP contribution is -2.35. The number of hydrogen-bond acceptors (Lipinski definition) is 5. The van der Waals surface area contributed by atoms with E-state index in [0.29, 0.717) is 24.7 Å². The van der Waals surface area contributed by atoms with Crippen LogP contribution < -0.4 is 9.47 Å². The molecule has 0 spiro atoms. The molecule has 0 aliphatic rings. The number of benzene rings is 1. The van der Waals surface area contributed by atoms with E-state index in [1.807, 2.05) is 13.0 Å². The van der Waals surface area contributed by atoms with E-state index in [-0.39, 0.29) is 6.54 Å². The normalized spacial score (nSPS) is 10.9. The summed E-state index contributed by atoms with van der Waals surface area (Å²) in [5, 5.41) is 3.72. The van der Waals surface area contributed by atoms with Crippen LogP contribution in [0.4, 0.5) is 0 Å². The Morgan fingerprint density at radius 1 is 1.30 bits per heavy atom. The van der Waals surface area contributed by atoms with E-state index < -0.39 is 10.7 Å². The van der Waals surface area contributed by atoms with Gasteiger partial charge in [-0.25, -0.2) is 0 Å². The van der Waals surface area contributed by atoms with Crippen LogP contribution in [-0.4, -0.2) is 49.2 Å². The van der Waals surface area contributed by atoms with Crippen LogP contribution in [0, 0.1) is 0 Å². The van der Waals surface area contributed by atoms with Crippen molar-refractivity contribution in [2.24, 2.45) is 5.16 Å². The van der Waals surface area contributed by atoms with Gasteiger partial charge in [0.05, 0.1) is 27.0 Å². The highest BCUT2D eigenvalue weighted by atomic mass is 35.5. The lowest BCUT2D eigenvalue weighted by Gasteiger charge is -2.22. The molecule has 0 aliphatic heterocycles. The second-order valence-electron chi connectivity index (χ2n) is 4.41. The van der Waals surface area contributed by atoms with Gasteiger partial charge in [-0.1, -0.05) is 34.4 Å². The zero-order chi connectivity index (χ0) is 17.2. The fraction of sp³-hybridized carbons (Fsp3) is 0.467. The maximum absolute atomic E-state index is 12.1. The number of hydrogen-bond donors (Lipinski definition) is 0. The zero-order valence-electron chi connectivity index (χ0n) is 13.3. The molecule has 0 unspecified atom stereocenters. The summed E-state index contributed by atoms with van der Waals surface area (Å²) in [6, 6.07) is 5.39. The highest BCUT2D eigenvalue weighted by molar-refractivity contribution is 6.53. The molecule has 1 rings (SSSR count). The molecule has 0 fully saturated rings. The quantitative estimate of drug-likeness (QED) is 0.385. The van der Waals surface area contributed by atoms with Crippen LogP contribution in [0.25, 0.3) is 0 Å². The highest BCUT2D eigenvalue weighted by Gasteiger charge is 2.20. The fourth-order valence-electron chi connectivity index (χ4n) is 1.83. The van der Waals surface area contributed by atoms with Crippen molar-refractivity contribution in [3.8, 4) is 11.5 Å². The largest absolute Gasteiger partial charge is 0.493 e. The average Bonchev–Trinajstić information content (AvgIpc) is 2.56. The number of halogens is 2. The molecule has 0 heterocycles. The van der Waals surface area contributed by atoms with Gasteiger partial charge in [-0.2, -0.15) is 0 Å². The zero-order valence-corrected chi connectivity index (χ0v) is 14.8. The number of rotatable bonds is 9. The maximum atomic E-state index is 12.1. The molecule has 0 bridgehead atoms. The van der Waals surface area contributed by atoms with E-state index in [1.54, 1.807) is 26.4 Å². The van der Waals surface area contributed by atoms with E-state index in [2.05, 4.69) is 5.16 Å². The Morgan fingerprint density at radius 2 is 2.00 bits per heavy atom. The fourth-order valence-corrected chi connectivity index (χ4v) is 2.10. The van der Waals surface area contributed by atoms with Crippen molar-refractivity contribution in [3.63, 3.8) is 0 Å². The Bertz CT molecular complexity index is 538. The Labute approximate surface area is 145 Å². The summed E-state index contributed by atoms with van der Waals surface area (Å²) in [7, 11) is 3.11. The lowest BCUT2D eigenvalue weighted by atomic mass is 10.2. The lowest BCUT2D eigenvalue weighted by molar-refractivity contribution is -0.129. The Kier molecular flexibility index (Phi) is 8.58. The van der Waals surface area contributed by atoms with Crippen LogP contribution in [0.5, 0.6) is 11.5 Å². The first-order chi connectivity index (χ1) is 11.0. The first kappa shape index (κ1) is 19.4. The van der Waals surface area contributed by atoms with Gasteiger partial charge in [-0.15, -0.1) is 0 Å². The summed E-state index contributed by atoms with van der Waals surface area (Å²) < 4.78 is 10.4. The van der Waals surface area contributed by atoms with Crippen molar-refractivity contribution in [2.75, 3.05) is 27.4 Å². The van der Waals surface area contributed by atoms with Crippen molar-refractivity contribution in [1.82, 2.24) is 4.90 Å². The van der Waals surface area contributed by atoms with Gasteiger partial charge in [0.1, 0.15) is 6.61 Å². The minimum Gasteiger partial charge on any atom is -0.493 e. The van der Waals surface area contributed by atoms with Crippen molar-refractivity contribution in [2.45, 2.75) is 18.3 Å². The van der Waals surface area contributed by atoms with Crippen LogP contribution >= 0.6 is 23.2 Å². The molecular weight excluding hydrogens is 343 g/mol. The molecule has 6 nitrogen and oxygen atoms in total. The minimum absolute atomic E-state index is 0.225. The van der Waals surface area contributed by atoms with Gasteiger partial charge in [0.25, 0.3) is 5.91 Å². The number of oxime groups is 1. The number of carbonyl (C=O) groups is 1. The standard InChI is InChI=1S/C15H20Cl2N2O4/c1-4-23-18-7-8-19(15(20)14(16)17)10-11-5-6-12(21-2)13(9-11)22-3/h5-7,9,14H,4,8,10H2,1-3H3. The molecule has 0 atom stereocenters. The molecule has 128 valence electrons. The van der Waals surface area contributed by atoms with Gasteiger partial charge in [-0.05, 0) is 24.6 Å². The summed E-state index contributed by atoms with van der Waals surface area (Å²) in [5.41, 5.74) is 0.842. The summed E-state index contributed by atoms with van der Waals surface area (Å²) in [6.45, 7) is 2.79. The van der Waals surface area contributed by atoms with Crippen molar-refractivity contribution < 1.29 is 19.1 Å².